The van der Waals surface area contributed by atoms with Crippen molar-refractivity contribution in [3.05, 3.63) is 70.3 Å². The van der Waals surface area contributed by atoms with E-state index < -0.39 is 0 Å². The van der Waals surface area contributed by atoms with Gasteiger partial charge in [0.2, 0.25) is 0 Å². The lowest BCUT2D eigenvalue weighted by Crippen LogP contribution is -2.27. The number of hydrogen-bond donors (Lipinski definition) is 2. The minimum Gasteiger partial charge on any atom is -0.382 e. The van der Waals surface area contributed by atoms with Gasteiger partial charge in [-0.25, -0.2) is 0 Å². The lowest BCUT2D eigenvalue weighted by Gasteiger charge is -2.13. The van der Waals surface area contributed by atoms with E-state index in [0.29, 0.717) is 0 Å². The third kappa shape index (κ3) is 3.30. The van der Waals surface area contributed by atoms with Crippen molar-refractivity contribution in [2.45, 2.75) is 13.0 Å². The van der Waals surface area contributed by atoms with E-state index in [1.807, 2.05) is 61.5 Å². The van der Waals surface area contributed by atoms with Crippen LogP contribution in [0.5, 0.6) is 0 Å². The molecule has 0 aliphatic rings. The van der Waals surface area contributed by atoms with E-state index in [1.165, 1.54) is 4.68 Å². The maximum Gasteiger partial charge on any atom is 0.276 e. The first kappa shape index (κ1) is 16.2. The van der Waals surface area contributed by atoms with Gasteiger partial charge in [0.1, 0.15) is 0 Å². The van der Waals surface area contributed by atoms with Crippen LogP contribution in [-0.2, 0) is 0 Å². The Labute approximate surface area is 147 Å². The van der Waals surface area contributed by atoms with Crippen molar-refractivity contribution >= 4 is 27.7 Å². The number of benzene rings is 2. The number of anilines is 1. The first-order valence-electron chi connectivity index (χ1n) is 7.39. The molecule has 7 heteroatoms. The Balaban J connectivity index is 1.80. The second-order valence-corrected chi connectivity index (χ2v) is 6.23. The number of nitrogens with one attached hydrogen (secondary N) is 1. The van der Waals surface area contributed by atoms with Crippen molar-refractivity contribution < 1.29 is 4.79 Å². The predicted molar refractivity (Wildman–Crippen MR) is 95.8 cm³/mol. The van der Waals surface area contributed by atoms with Gasteiger partial charge in [-0.3, -0.25) is 4.79 Å². The lowest BCUT2D eigenvalue weighted by atomic mass is 10.1. The Morgan fingerprint density at radius 2 is 1.83 bits per heavy atom. The molecule has 0 radical (unpaired) electrons. The van der Waals surface area contributed by atoms with Gasteiger partial charge < -0.3 is 11.1 Å². The molecule has 0 aliphatic carbocycles. The molecule has 0 fully saturated rings. The molecule has 2 aromatic carbocycles. The van der Waals surface area contributed by atoms with Crippen LogP contribution in [0.2, 0.25) is 0 Å². The Bertz CT molecular complexity index is 845. The van der Waals surface area contributed by atoms with E-state index in [9.17, 15) is 4.79 Å². The van der Waals surface area contributed by atoms with Crippen molar-refractivity contribution in [1.29, 1.82) is 0 Å². The van der Waals surface area contributed by atoms with Crippen molar-refractivity contribution in [3.63, 3.8) is 0 Å². The van der Waals surface area contributed by atoms with Crippen LogP contribution in [0.4, 0.5) is 5.82 Å². The summed E-state index contributed by atoms with van der Waals surface area (Å²) in [5.41, 5.74) is 7.90. The summed E-state index contributed by atoms with van der Waals surface area (Å²) in [4.78, 5) is 12.4. The summed E-state index contributed by atoms with van der Waals surface area (Å²) in [5.74, 6) is -0.151. The summed E-state index contributed by atoms with van der Waals surface area (Å²) in [6.07, 6.45) is 0. The van der Waals surface area contributed by atoms with E-state index in [2.05, 4.69) is 31.6 Å². The predicted octanol–water partition coefficient (Wildman–Crippen LogP) is 3.10. The highest BCUT2D eigenvalue weighted by atomic mass is 79.9. The Morgan fingerprint density at radius 1 is 1.17 bits per heavy atom. The third-order valence-electron chi connectivity index (χ3n) is 3.64. The summed E-state index contributed by atoms with van der Waals surface area (Å²) in [5, 5.41) is 10.8. The highest BCUT2D eigenvalue weighted by Crippen LogP contribution is 2.19. The Morgan fingerprint density at radius 3 is 2.50 bits per heavy atom. The van der Waals surface area contributed by atoms with Crippen LogP contribution < -0.4 is 11.1 Å². The SMILES string of the molecule is C[C@H](NC(=O)c1nnn(-c2ccc(Br)cc2)c1N)c1ccccc1. The Hall–Kier alpha value is -2.67. The molecule has 0 bridgehead atoms. The van der Waals surface area contributed by atoms with E-state index in [1.54, 1.807) is 0 Å². The molecule has 0 saturated carbocycles. The van der Waals surface area contributed by atoms with Crippen molar-refractivity contribution in [1.82, 2.24) is 20.3 Å². The standard InChI is InChI=1S/C17H16BrN5O/c1-11(12-5-3-2-4-6-12)20-17(24)15-16(19)23(22-21-15)14-9-7-13(18)8-10-14/h2-11H,19H2,1H3,(H,20,24)/t11-/m0/s1. The maximum absolute atomic E-state index is 12.4. The Kier molecular flexibility index (Phi) is 4.61. The smallest absolute Gasteiger partial charge is 0.276 e. The zero-order chi connectivity index (χ0) is 17.1. The van der Waals surface area contributed by atoms with Gasteiger partial charge in [-0.05, 0) is 36.8 Å². The highest BCUT2D eigenvalue weighted by molar-refractivity contribution is 9.10. The molecule has 0 saturated heterocycles. The summed E-state index contributed by atoms with van der Waals surface area (Å²) < 4.78 is 2.38. The van der Waals surface area contributed by atoms with E-state index in [4.69, 9.17) is 5.73 Å². The van der Waals surface area contributed by atoms with Crippen molar-refractivity contribution in [2.24, 2.45) is 0 Å². The molecule has 1 atom stereocenters. The highest BCUT2D eigenvalue weighted by Gasteiger charge is 2.20. The molecule has 0 spiro atoms. The molecular weight excluding hydrogens is 370 g/mol. The molecule has 1 heterocycles. The quantitative estimate of drug-likeness (QED) is 0.722. The summed E-state index contributed by atoms with van der Waals surface area (Å²) >= 11 is 3.37. The number of carbonyl (C=O) groups is 1. The zero-order valence-corrected chi connectivity index (χ0v) is 14.6. The van der Waals surface area contributed by atoms with Crippen LogP contribution in [0, 0.1) is 0 Å². The first-order chi connectivity index (χ1) is 11.6. The molecule has 0 unspecified atom stereocenters. The largest absolute Gasteiger partial charge is 0.382 e. The normalized spacial score (nSPS) is 11.9. The summed E-state index contributed by atoms with van der Waals surface area (Å²) in [6, 6.07) is 16.9. The molecule has 3 aromatic rings. The van der Waals surface area contributed by atoms with Gasteiger partial charge in [0.25, 0.3) is 5.91 Å². The van der Waals surface area contributed by atoms with Gasteiger partial charge in [-0.1, -0.05) is 51.5 Å². The number of hydrogen-bond acceptors (Lipinski definition) is 4. The number of nitrogen functional groups attached to an aromatic ring is 1. The minimum absolute atomic E-state index is 0.112. The minimum atomic E-state index is -0.354. The fourth-order valence-electron chi connectivity index (χ4n) is 2.31. The van der Waals surface area contributed by atoms with Crippen LogP contribution >= 0.6 is 15.9 Å². The maximum atomic E-state index is 12.4. The molecule has 6 nitrogen and oxygen atoms in total. The second kappa shape index (κ2) is 6.84. The van der Waals surface area contributed by atoms with Crippen LogP contribution in [-0.4, -0.2) is 20.9 Å². The van der Waals surface area contributed by atoms with Gasteiger partial charge in [0, 0.05) is 4.47 Å². The topological polar surface area (TPSA) is 85.8 Å². The monoisotopic (exact) mass is 385 g/mol. The molecule has 122 valence electrons. The van der Waals surface area contributed by atoms with Crippen LogP contribution in [0.15, 0.2) is 59.1 Å². The zero-order valence-electron chi connectivity index (χ0n) is 13.0. The number of nitrogens with two attached hydrogens (primary N) is 1. The average molecular weight is 386 g/mol. The van der Waals surface area contributed by atoms with Crippen LogP contribution in [0.25, 0.3) is 5.69 Å². The summed E-state index contributed by atoms with van der Waals surface area (Å²) in [7, 11) is 0. The number of rotatable bonds is 4. The summed E-state index contributed by atoms with van der Waals surface area (Å²) in [6.45, 7) is 1.91. The van der Waals surface area contributed by atoms with Gasteiger partial charge >= 0.3 is 0 Å². The van der Waals surface area contributed by atoms with E-state index >= 15 is 0 Å². The van der Waals surface area contributed by atoms with Crippen LogP contribution in [0.1, 0.15) is 29.0 Å². The van der Waals surface area contributed by atoms with E-state index in [0.717, 1.165) is 15.7 Å². The van der Waals surface area contributed by atoms with Crippen molar-refractivity contribution in [2.75, 3.05) is 5.73 Å². The molecule has 1 aromatic heterocycles. The fraction of sp³-hybridized carbons (Fsp3) is 0.118. The average Bonchev–Trinajstić information content (AvgIpc) is 2.98. The van der Waals surface area contributed by atoms with E-state index in [-0.39, 0.29) is 23.5 Å². The molecule has 1 amide bonds. The fourth-order valence-corrected chi connectivity index (χ4v) is 2.58. The molecule has 24 heavy (non-hydrogen) atoms. The van der Waals surface area contributed by atoms with Crippen molar-refractivity contribution in [3.8, 4) is 5.69 Å². The lowest BCUT2D eigenvalue weighted by molar-refractivity contribution is 0.0935. The van der Waals surface area contributed by atoms with Gasteiger partial charge in [-0.2, -0.15) is 4.68 Å². The first-order valence-corrected chi connectivity index (χ1v) is 8.18. The third-order valence-corrected chi connectivity index (χ3v) is 4.17. The van der Waals surface area contributed by atoms with Gasteiger partial charge in [0.05, 0.1) is 11.7 Å². The van der Waals surface area contributed by atoms with Crippen LogP contribution in [0.3, 0.4) is 0 Å². The number of aromatic nitrogens is 3. The second-order valence-electron chi connectivity index (χ2n) is 5.32. The number of carbonyl (C=O) groups excluding carboxylic acids is 1. The number of amides is 1. The molecule has 3 rings (SSSR count). The molecular formula is C17H16BrN5O. The van der Waals surface area contributed by atoms with Gasteiger partial charge in [0.15, 0.2) is 11.5 Å². The molecule has 0 aliphatic heterocycles. The number of nitrogens with zero attached hydrogens (tertiary/aromatic N) is 3. The van der Waals surface area contributed by atoms with Gasteiger partial charge in [-0.15, -0.1) is 5.10 Å². The number of halogens is 1. The molecule has 3 N–H and O–H groups in total.